The number of benzene rings is 2. The van der Waals surface area contributed by atoms with E-state index in [0.717, 1.165) is 16.8 Å². The second kappa shape index (κ2) is 7.97. The van der Waals surface area contributed by atoms with Crippen LogP contribution in [0.1, 0.15) is 38.9 Å². The van der Waals surface area contributed by atoms with E-state index in [2.05, 4.69) is 41.6 Å². The summed E-state index contributed by atoms with van der Waals surface area (Å²) in [6.07, 6.45) is 0. The van der Waals surface area contributed by atoms with Crippen molar-refractivity contribution in [1.82, 2.24) is 15.1 Å². The Morgan fingerprint density at radius 3 is 2.46 bits per heavy atom. The minimum atomic E-state index is -0.453. The molecule has 0 bridgehead atoms. The van der Waals surface area contributed by atoms with Gasteiger partial charge >= 0.3 is 0 Å². The predicted molar refractivity (Wildman–Crippen MR) is 101 cm³/mol. The zero-order valence-corrected chi connectivity index (χ0v) is 15.0. The maximum Gasteiger partial charge on any atom is 0.272 e. The molecule has 5 nitrogen and oxygen atoms in total. The fourth-order valence-corrected chi connectivity index (χ4v) is 2.80. The molecule has 26 heavy (non-hydrogen) atoms. The molecule has 2 N–H and O–H groups in total. The van der Waals surface area contributed by atoms with Crippen molar-refractivity contribution in [3.63, 3.8) is 0 Å². The molecular formula is C21H23N3O2. The molecule has 0 saturated carbocycles. The fourth-order valence-electron chi connectivity index (χ4n) is 2.80. The summed E-state index contributed by atoms with van der Waals surface area (Å²) in [4.78, 5) is 12.6. The highest BCUT2D eigenvalue weighted by Gasteiger charge is 2.18. The van der Waals surface area contributed by atoms with Gasteiger partial charge in [0.2, 0.25) is 0 Å². The lowest BCUT2D eigenvalue weighted by molar-refractivity contribution is 0.0910. The summed E-state index contributed by atoms with van der Waals surface area (Å²) in [7, 11) is 0. The average molecular weight is 349 g/mol. The molecule has 1 atom stereocenters. The third-order valence-electron chi connectivity index (χ3n) is 4.36. The van der Waals surface area contributed by atoms with Crippen molar-refractivity contribution >= 4 is 5.91 Å². The van der Waals surface area contributed by atoms with Gasteiger partial charge in [0.15, 0.2) is 0 Å². The Kier molecular flexibility index (Phi) is 5.49. The number of aromatic nitrogens is 2. The number of nitrogens with one attached hydrogen (secondary N) is 1. The summed E-state index contributed by atoms with van der Waals surface area (Å²) < 4.78 is 1.82. The largest absolute Gasteiger partial charge is 0.394 e. The van der Waals surface area contributed by atoms with Crippen LogP contribution in [-0.4, -0.2) is 27.4 Å². The first-order valence-electron chi connectivity index (χ1n) is 8.63. The van der Waals surface area contributed by atoms with Crippen molar-refractivity contribution in [3.05, 3.63) is 88.7 Å². The van der Waals surface area contributed by atoms with Crippen LogP contribution in [0.5, 0.6) is 0 Å². The second-order valence-corrected chi connectivity index (χ2v) is 6.43. The lowest BCUT2D eigenvalue weighted by Crippen LogP contribution is -2.31. The number of nitrogens with zero attached hydrogens (tertiary/aromatic N) is 2. The summed E-state index contributed by atoms with van der Waals surface area (Å²) in [6.45, 7) is 4.43. The van der Waals surface area contributed by atoms with Gasteiger partial charge in [-0.25, -0.2) is 0 Å². The molecule has 0 aliphatic rings. The van der Waals surface area contributed by atoms with Gasteiger partial charge in [-0.3, -0.25) is 9.48 Å². The Morgan fingerprint density at radius 2 is 1.81 bits per heavy atom. The number of aryl methyl sites for hydroxylation is 2. The highest BCUT2D eigenvalue weighted by atomic mass is 16.3. The summed E-state index contributed by atoms with van der Waals surface area (Å²) in [5, 5.41) is 16.9. The molecule has 5 heteroatoms. The van der Waals surface area contributed by atoms with Gasteiger partial charge in [0.1, 0.15) is 5.69 Å². The third kappa shape index (κ3) is 4.18. The number of carbonyl (C=O) groups is 1. The molecule has 3 aromatic rings. The number of carbonyl (C=O) groups excluding carboxylic acids is 1. The summed E-state index contributed by atoms with van der Waals surface area (Å²) in [6, 6.07) is 19.0. The zero-order chi connectivity index (χ0) is 18.5. The van der Waals surface area contributed by atoms with Crippen LogP contribution in [0.4, 0.5) is 0 Å². The number of aliphatic hydroxyl groups excluding tert-OH is 1. The Bertz CT molecular complexity index is 870. The van der Waals surface area contributed by atoms with Crippen molar-refractivity contribution in [2.45, 2.75) is 26.4 Å². The SMILES string of the molecule is Cc1ccc(Cn2nc(C(=O)NC(CO)c3ccccc3)cc2C)cc1. The number of amides is 1. The molecule has 3 rings (SSSR count). The normalized spacial score (nSPS) is 12.0. The third-order valence-corrected chi connectivity index (χ3v) is 4.36. The monoisotopic (exact) mass is 349 g/mol. The Labute approximate surface area is 153 Å². The van der Waals surface area contributed by atoms with Crippen LogP contribution in [0.3, 0.4) is 0 Å². The summed E-state index contributed by atoms with van der Waals surface area (Å²) in [5.41, 5.74) is 4.47. The van der Waals surface area contributed by atoms with Crippen LogP contribution in [-0.2, 0) is 6.54 Å². The molecule has 1 unspecified atom stereocenters. The standard InChI is InChI=1S/C21H23N3O2/c1-15-8-10-17(11-9-15)13-24-16(2)12-19(23-24)21(26)22-20(14-25)18-6-4-3-5-7-18/h3-12,20,25H,13-14H2,1-2H3,(H,22,26). The van der Waals surface area contributed by atoms with Gasteiger partial charge in [-0.1, -0.05) is 60.2 Å². The van der Waals surface area contributed by atoms with E-state index in [9.17, 15) is 9.90 Å². The van der Waals surface area contributed by atoms with E-state index >= 15 is 0 Å². The van der Waals surface area contributed by atoms with Crippen molar-refractivity contribution in [1.29, 1.82) is 0 Å². The maximum atomic E-state index is 12.6. The maximum absolute atomic E-state index is 12.6. The van der Waals surface area contributed by atoms with Crippen LogP contribution in [0, 0.1) is 13.8 Å². The van der Waals surface area contributed by atoms with Crippen LogP contribution >= 0.6 is 0 Å². The average Bonchev–Trinajstić information content (AvgIpc) is 3.03. The topological polar surface area (TPSA) is 67.2 Å². The van der Waals surface area contributed by atoms with Gasteiger partial charge in [-0.05, 0) is 31.0 Å². The number of aliphatic hydroxyl groups is 1. The van der Waals surface area contributed by atoms with Crippen molar-refractivity contribution in [2.24, 2.45) is 0 Å². The van der Waals surface area contributed by atoms with Gasteiger partial charge < -0.3 is 10.4 Å². The van der Waals surface area contributed by atoms with E-state index in [-0.39, 0.29) is 12.5 Å². The van der Waals surface area contributed by atoms with Gasteiger partial charge in [0.05, 0.1) is 19.2 Å². The second-order valence-electron chi connectivity index (χ2n) is 6.43. The lowest BCUT2D eigenvalue weighted by Gasteiger charge is -2.15. The molecule has 0 spiro atoms. The van der Waals surface area contributed by atoms with E-state index in [0.29, 0.717) is 12.2 Å². The molecular weight excluding hydrogens is 326 g/mol. The van der Waals surface area contributed by atoms with E-state index in [1.54, 1.807) is 6.07 Å². The van der Waals surface area contributed by atoms with Gasteiger partial charge in [-0.2, -0.15) is 5.10 Å². The first kappa shape index (κ1) is 17.9. The number of rotatable bonds is 6. The summed E-state index contributed by atoms with van der Waals surface area (Å²) >= 11 is 0. The Balaban J connectivity index is 1.73. The summed E-state index contributed by atoms with van der Waals surface area (Å²) in [5.74, 6) is -0.293. The minimum absolute atomic E-state index is 0.168. The first-order valence-corrected chi connectivity index (χ1v) is 8.63. The molecule has 0 aliphatic carbocycles. The van der Waals surface area contributed by atoms with Crippen LogP contribution in [0.25, 0.3) is 0 Å². The van der Waals surface area contributed by atoms with Crippen LogP contribution in [0.2, 0.25) is 0 Å². The highest BCUT2D eigenvalue weighted by molar-refractivity contribution is 5.92. The van der Waals surface area contributed by atoms with Crippen molar-refractivity contribution in [2.75, 3.05) is 6.61 Å². The molecule has 0 radical (unpaired) electrons. The first-order chi connectivity index (χ1) is 12.6. The van der Waals surface area contributed by atoms with Gasteiger partial charge in [0.25, 0.3) is 5.91 Å². The van der Waals surface area contributed by atoms with Gasteiger partial charge in [-0.15, -0.1) is 0 Å². The molecule has 1 aromatic heterocycles. The van der Waals surface area contributed by atoms with Crippen LogP contribution < -0.4 is 5.32 Å². The van der Waals surface area contributed by atoms with Crippen LogP contribution in [0.15, 0.2) is 60.7 Å². The molecule has 134 valence electrons. The molecule has 1 heterocycles. The zero-order valence-electron chi connectivity index (χ0n) is 15.0. The minimum Gasteiger partial charge on any atom is -0.394 e. The quantitative estimate of drug-likeness (QED) is 0.719. The fraction of sp³-hybridized carbons (Fsp3) is 0.238. The van der Waals surface area contributed by atoms with Crippen molar-refractivity contribution < 1.29 is 9.90 Å². The van der Waals surface area contributed by atoms with E-state index in [1.165, 1.54) is 5.56 Å². The van der Waals surface area contributed by atoms with Gasteiger partial charge in [0, 0.05) is 5.69 Å². The molecule has 0 fully saturated rings. The predicted octanol–water partition coefficient (Wildman–Crippen LogP) is 3.01. The molecule has 2 aromatic carbocycles. The smallest absolute Gasteiger partial charge is 0.272 e. The molecule has 0 aliphatic heterocycles. The lowest BCUT2D eigenvalue weighted by atomic mass is 10.1. The Morgan fingerprint density at radius 1 is 1.12 bits per heavy atom. The molecule has 1 amide bonds. The molecule has 0 saturated heterocycles. The van der Waals surface area contributed by atoms with E-state index < -0.39 is 6.04 Å². The number of hydrogen-bond acceptors (Lipinski definition) is 3. The Hall–Kier alpha value is -2.92. The van der Waals surface area contributed by atoms with E-state index in [1.807, 2.05) is 41.9 Å². The highest BCUT2D eigenvalue weighted by Crippen LogP contribution is 2.14. The van der Waals surface area contributed by atoms with E-state index in [4.69, 9.17) is 0 Å². The van der Waals surface area contributed by atoms with Crippen molar-refractivity contribution in [3.8, 4) is 0 Å². The number of hydrogen-bond donors (Lipinski definition) is 2.